The number of carbonyl (C=O) groups excluding carboxylic acids is 2. The van der Waals surface area contributed by atoms with Crippen LogP contribution in [0.3, 0.4) is 0 Å². The van der Waals surface area contributed by atoms with Crippen molar-refractivity contribution in [3.05, 3.63) is 60.2 Å². The monoisotopic (exact) mass is 339 g/mol. The summed E-state index contributed by atoms with van der Waals surface area (Å²) in [4.78, 5) is 24.7. The van der Waals surface area contributed by atoms with Gasteiger partial charge in [-0.15, -0.1) is 0 Å². The summed E-state index contributed by atoms with van der Waals surface area (Å²) in [7, 11) is 1.83. The third-order valence-corrected chi connectivity index (χ3v) is 4.05. The summed E-state index contributed by atoms with van der Waals surface area (Å²) >= 11 is 0. The Labute approximate surface area is 148 Å². The molecule has 0 unspecified atom stereocenters. The SMILES string of the molecule is CN(Cc1ccccc1-c1ccccc1)C(=O)CCCCNC(N)=O. The van der Waals surface area contributed by atoms with Crippen molar-refractivity contribution < 1.29 is 9.59 Å². The minimum atomic E-state index is -0.527. The summed E-state index contributed by atoms with van der Waals surface area (Å²) in [6.07, 6.45) is 1.93. The van der Waals surface area contributed by atoms with Crippen molar-refractivity contribution in [1.82, 2.24) is 10.2 Å². The highest BCUT2D eigenvalue weighted by Gasteiger charge is 2.12. The standard InChI is InChI=1S/C20H25N3O2/c1-23(19(24)13-7-8-14-22-20(21)25)15-17-11-5-6-12-18(17)16-9-3-2-4-10-16/h2-6,9-12H,7-8,13-15H2,1H3,(H3,21,22,25). The number of hydrogen-bond donors (Lipinski definition) is 2. The lowest BCUT2D eigenvalue weighted by Gasteiger charge is -2.19. The van der Waals surface area contributed by atoms with Gasteiger partial charge in [0.1, 0.15) is 0 Å². The van der Waals surface area contributed by atoms with Gasteiger partial charge in [0.05, 0.1) is 0 Å². The van der Waals surface area contributed by atoms with Gasteiger partial charge in [0, 0.05) is 26.6 Å². The topological polar surface area (TPSA) is 75.4 Å². The minimum absolute atomic E-state index is 0.0990. The van der Waals surface area contributed by atoms with Crippen LogP contribution < -0.4 is 11.1 Å². The van der Waals surface area contributed by atoms with Gasteiger partial charge in [-0.1, -0.05) is 54.6 Å². The Bertz CT molecular complexity index is 701. The predicted molar refractivity (Wildman–Crippen MR) is 99.8 cm³/mol. The minimum Gasteiger partial charge on any atom is -0.352 e. The van der Waals surface area contributed by atoms with Crippen molar-refractivity contribution in [2.24, 2.45) is 5.73 Å². The molecule has 0 saturated heterocycles. The first-order valence-corrected chi connectivity index (χ1v) is 8.48. The first-order valence-electron chi connectivity index (χ1n) is 8.48. The van der Waals surface area contributed by atoms with Crippen LogP contribution in [0.2, 0.25) is 0 Å². The smallest absolute Gasteiger partial charge is 0.312 e. The van der Waals surface area contributed by atoms with Crippen molar-refractivity contribution in [3.63, 3.8) is 0 Å². The molecule has 0 fully saturated rings. The first kappa shape index (κ1) is 18.5. The molecule has 0 atom stereocenters. The number of unbranched alkanes of at least 4 members (excludes halogenated alkanes) is 1. The van der Waals surface area contributed by atoms with Crippen LogP contribution in [0.15, 0.2) is 54.6 Å². The van der Waals surface area contributed by atoms with Gasteiger partial charge in [-0.2, -0.15) is 0 Å². The lowest BCUT2D eigenvalue weighted by atomic mass is 9.99. The van der Waals surface area contributed by atoms with Gasteiger partial charge in [-0.05, 0) is 29.5 Å². The van der Waals surface area contributed by atoms with Crippen LogP contribution in [0, 0.1) is 0 Å². The highest BCUT2D eigenvalue weighted by molar-refractivity contribution is 5.76. The number of nitrogens with two attached hydrogens (primary N) is 1. The van der Waals surface area contributed by atoms with E-state index in [1.165, 1.54) is 0 Å². The molecule has 2 rings (SSSR count). The molecule has 132 valence electrons. The molecular weight excluding hydrogens is 314 g/mol. The normalized spacial score (nSPS) is 10.3. The molecule has 25 heavy (non-hydrogen) atoms. The summed E-state index contributed by atoms with van der Waals surface area (Å²) in [5.41, 5.74) is 8.43. The van der Waals surface area contributed by atoms with Gasteiger partial charge < -0.3 is 16.0 Å². The molecular formula is C20H25N3O2. The van der Waals surface area contributed by atoms with Gasteiger partial charge in [-0.3, -0.25) is 4.79 Å². The number of benzene rings is 2. The third kappa shape index (κ3) is 5.95. The molecule has 3 amide bonds. The Balaban J connectivity index is 1.91. The summed E-state index contributed by atoms with van der Waals surface area (Å²) in [5.74, 6) is 0.0990. The number of amides is 3. The van der Waals surface area contributed by atoms with E-state index in [1.54, 1.807) is 4.90 Å². The Morgan fingerprint density at radius 2 is 1.68 bits per heavy atom. The molecule has 5 heteroatoms. The van der Waals surface area contributed by atoms with Gasteiger partial charge >= 0.3 is 6.03 Å². The predicted octanol–water partition coefficient (Wildman–Crippen LogP) is 3.15. The number of carbonyl (C=O) groups is 2. The van der Waals surface area contributed by atoms with Gasteiger partial charge in [-0.25, -0.2) is 4.79 Å². The van der Waals surface area contributed by atoms with E-state index in [1.807, 2.05) is 37.4 Å². The number of nitrogens with one attached hydrogen (secondary N) is 1. The molecule has 3 N–H and O–H groups in total. The maximum Gasteiger partial charge on any atom is 0.312 e. The second-order valence-corrected chi connectivity index (χ2v) is 6.02. The third-order valence-electron chi connectivity index (χ3n) is 4.05. The van der Waals surface area contributed by atoms with E-state index in [0.29, 0.717) is 19.5 Å². The fourth-order valence-corrected chi connectivity index (χ4v) is 2.70. The van der Waals surface area contributed by atoms with Crippen molar-refractivity contribution in [2.45, 2.75) is 25.8 Å². The second kappa shape index (κ2) is 9.47. The Morgan fingerprint density at radius 3 is 2.40 bits per heavy atom. The van der Waals surface area contributed by atoms with Crippen molar-refractivity contribution in [3.8, 4) is 11.1 Å². The van der Waals surface area contributed by atoms with Crippen LogP contribution in [-0.2, 0) is 11.3 Å². The quantitative estimate of drug-likeness (QED) is 0.725. The molecule has 0 heterocycles. The van der Waals surface area contributed by atoms with E-state index >= 15 is 0 Å². The highest BCUT2D eigenvalue weighted by Crippen LogP contribution is 2.24. The number of primary amides is 1. The van der Waals surface area contributed by atoms with E-state index in [9.17, 15) is 9.59 Å². The fourth-order valence-electron chi connectivity index (χ4n) is 2.70. The van der Waals surface area contributed by atoms with Crippen molar-refractivity contribution >= 4 is 11.9 Å². The summed E-state index contributed by atoms with van der Waals surface area (Å²) in [6.45, 7) is 1.08. The molecule has 0 aliphatic carbocycles. The van der Waals surface area contributed by atoms with Gasteiger partial charge in [0.15, 0.2) is 0 Å². The highest BCUT2D eigenvalue weighted by atomic mass is 16.2. The molecule has 0 aliphatic heterocycles. The number of nitrogens with zero attached hydrogens (tertiary/aromatic N) is 1. The summed E-state index contributed by atoms with van der Waals surface area (Å²) < 4.78 is 0. The zero-order chi connectivity index (χ0) is 18.1. The van der Waals surface area contributed by atoms with E-state index in [0.717, 1.165) is 29.5 Å². The van der Waals surface area contributed by atoms with Crippen molar-refractivity contribution in [2.75, 3.05) is 13.6 Å². The lowest BCUT2D eigenvalue weighted by Crippen LogP contribution is -2.30. The maximum atomic E-state index is 12.3. The van der Waals surface area contributed by atoms with E-state index in [-0.39, 0.29) is 5.91 Å². The van der Waals surface area contributed by atoms with Gasteiger partial charge in [0.25, 0.3) is 0 Å². The zero-order valence-electron chi connectivity index (χ0n) is 14.6. The molecule has 2 aromatic carbocycles. The van der Waals surface area contributed by atoms with E-state index in [2.05, 4.69) is 29.6 Å². The molecule has 0 saturated carbocycles. The largest absolute Gasteiger partial charge is 0.352 e. The average molecular weight is 339 g/mol. The average Bonchev–Trinajstić information content (AvgIpc) is 2.62. The Hall–Kier alpha value is -2.82. The lowest BCUT2D eigenvalue weighted by molar-refractivity contribution is -0.130. The molecule has 0 aliphatic rings. The molecule has 0 bridgehead atoms. The number of hydrogen-bond acceptors (Lipinski definition) is 2. The molecule has 0 aromatic heterocycles. The Kier molecular flexibility index (Phi) is 7.01. The fraction of sp³-hybridized carbons (Fsp3) is 0.300. The molecule has 0 spiro atoms. The number of rotatable bonds is 8. The van der Waals surface area contributed by atoms with Crippen LogP contribution in [0.4, 0.5) is 4.79 Å². The second-order valence-electron chi connectivity index (χ2n) is 6.02. The van der Waals surface area contributed by atoms with E-state index in [4.69, 9.17) is 5.73 Å². The van der Waals surface area contributed by atoms with Crippen LogP contribution in [0.25, 0.3) is 11.1 Å². The van der Waals surface area contributed by atoms with Crippen LogP contribution in [-0.4, -0.2) is 30.4 Å². The zero-order valence-corrected chi connectivity index (χ0v) is 14.6. The number of urea groups is 1. The molecule has 0 radical (unpaired) electrons. The summed E-state index contributed by atoms with van der Waals surface area (Å²) in [5, 5.41) is 2.53. The van der Waals surface area contributed by atoms with E-state index < -0.39 is 6.03 Å². The van der Waals surface area contributed by atoms with Crippen LogP contribution in [0.5, 0.6) is 0 Å². The first-order chi connectivity index (χ1) is 12.1. The Morgan fingerprint density at radius 1 is 1.00 bits per heavy atom. The maximum absolute atomic E-state index is 12.3. The van der Waals surface area contributed by atoms with Crippen molar-refractivity contribution in [1.29, 1.82) is 0 Å². The van der Waals surface area contributed by atoms with Crippen LogP contribution >= 0.6 is 0 Å². The molecule has 2 aromatic rings. The van der Waals surface area contributed by atoms with Crippen LogP contribution in [0.1, 0.15) is 24.8 Å². The molecule has 5 nitrogen and oxygen atoms in total. The van der Waals surface area contributed by atoms with Gasteiger partial charge in [0.2, 0.25) is 5.91 Å². The summed E-state index contributed by atoms with van der Waals surface area (Å²) in [6, 6.07) is 17.8.